The molecule has 22 heavy (non-hydrogen) atoms. The molecule has 1 aliphatic rings. The monoisotopic (exact) mass is 319 g/mol. The van der Waals surface area contributed by atoms with Gasteiger partial charge < -0.3 is 4.74 Å². The molecule has 0 radical (unpaired) electrons. The van der Waals surface area contributed by atoms with Crippen LogP contribution in [0.3, 0.4) is 0 Å². The molecule has 0 aliphatic carbocycles. The summed E-state index contributed by atoms with van der Waals surface area (Å²) in [4.78, 5) is 12.8. The van der Waals surface area contributed by atoms with Crippen molar-refractivity contribution in [2.24, 2.45) is 0 Å². The molecule has 1 aromatic carbocycles. The summed E-state index contributed by atoms with van der Waals surface area (Å²) in [6.45, 7) is 3.90. The van der Waals surface area contributed by atoms with Crippen molar-refractivity contribution in [1.82, 2.24) is 4.90 Å². The molecule has 1 heterocycles. The molecule has 0 bridgehead atoms. The zero-order valence-electron chi connectivity index (χ0n) is 12.5. The second kappa shape index (κ2) is 5.44. The van der Waals surface area contributed by atoms with Gasteiger partial charge in [0.1, 0.15) is 17.2 Å². The smallest absolute Gasteiger partial charge is 0.411 e. The van der Waals surface area contributed by atoms with Crippen LogP contribution < -0.4 is 0 Å². The molecule has 122 valence electrons. The van der Waals surface area contributed by atoms with Crippen LogP contribution >= 0.6 is 0 Å². The van der Waals surface area contributed by atoms with Gasteiger partial charge >= 0.3 is 6.09 Å². The first kappa shape index (κ1) is 16.6. The first-order valence-electron chi connectivity index (χ1n) is 6.81. The number of benzene rings is 1. The van der Waals surface area contributed by atoms with Gasteiger partial charge in [0, 0.05) is 12.0 Å². The first-order chi connectivity index (χ1) is 9.98. The molecular weight excluding hydrogens is 302 g/mol. The van der Waals surface area contributed by atoms with Crippen molar-refractivity contribution in [2.75, 3.05) is 6.54 Å². The molecule has 1 atom stereocenters. The molecule has 1 saturated heterocycles. The second-order valence-electron chi connectivity index (χ2n) is 6.35. The number of carbonyl (C=O) groups is 1. The Morgan fingerprint density at radius 1 is 1.32 bits per heavy atom. The van der Waals surface area contributed by atoms with E-state index >= 15 is 0 Å². The van der Waals surface area contributed by atoms with Crippen LogP contribution in [0.4, 0.5) is 22.4 Å². The van der Waals surface area contributed by atoms with Crippen LogP contribution in [0, 0.1) is 11.6 Å². The largest absolute Gasteiger partial charge is 0.444 e. The van der Waals surface area contributed by atoms with Gasteiger partial charge in [0.25, 0.3) is 5.92 Å². The number of rotatable bonds is 1. The maximum absolute atomic E-state index is 13.9. The van der Waals surface area contributed by atoms with E-state index in [0.29, 0.717) is 0 Å². The first-order valence-corrected chi connectivity index (χ1v) is 6.81. The summed E-state index contributed by atoms with van der Waals surface area (Å²) in [6, 6.07) is 1.32. The van der Waals surface area contributed by atoms with Crippen molar-refractivity contribution in [1.29, 1.82) is 0 Å². The number of amides is 1. The Hall–Kier alpha value is -1.79. The summed E-state index contributed by atoms with van der Waals surface area (Å²) in [7, 11) is 0. The highest BCUT2D eigenvalue weighted by Gasteiger charge is 2.49. The maximum Gasteiger partial charge on any atom is 0.411 e. The number of nitrogens with zero attached hydrogens (tertiary/aromatic N) is 1. The van der Waals surface area contributed by atoms with Crippen LogP contribution in [0.15, 0.2) is 18.2 Å². The Kier molecular flexibility index (Phi) is 4.10. The summed E-state index contributed by atoms with van der Waals surface area (Å²) in [5.41, 5.74) is -1.15. The highest BCUT2D eigenvalue weighted by Crippen LogP contribution is 2.42. The summed E-state index contributed by atoms with van der Waals surface area (Å²) in [6.07, 6.45) is -1.74. The van der Waals surface area contributed by atoms with Crippen molar-refractivity contribution in [2.45, 2.75) is 44.8 Å². The lowest BCUT2D eigenvalue weighted by Crippen LogP contribution is -2.38. The van der Waals surface area contributed by atoms with E-state index in [2.05, 4.69) is 0 Å². The van der Waals surface area contributed by atoms with Crippen LogP contribution in [0.5, 0.6) is 0 Å². The number of likely N-dealkylation sites (tertiary alicyclic amines) is 1. The SMILES string of the molecule is CC(C)(C)OC(=O)N1CC(F)(F)CC1c1cc(F)ccc1F. The van der Waals surface area contributed by atoms with E-state index in [9.17, 15) is 22.4 Å². The maximum atomic E-state index is 13.9. The van der Waals surface area contributed by atoms with Crippen LogP contribution in [0.2, 0.25) is 0 Å². The fourth-order valence-corrected chi connectivity index (χ4v) is 2.38. The Balaban J connectivity index is 2.35. The quantitative estimate of drug-likeness (QED) is 0.723. The van der Waals surface area contributed by atoms with Gasteiger partial charge in [-0.3, -0.25) is 4.90 Å². The van der Waals surface area contributed by atoms with Gasteiger partial charge in [-0.2, -0.15) is 0 Å². The summed E-state index contributed by atoms with van der Waals surface area (Å²) < 4.78 is 59.6. The van der Waals surface area contributed by atoms with Gasteiger partial charge in [-0.1, -0.05) is 0 Å². The van der Waals surface area contributed by atoms with Crippen molar-refractivity contribution >= 4 is 6.09 Å². The molecule has 1 aromatic rings. The van der Waals surface area contributed by atoms with E-state index in [0.717, 1.165) is 23.1 Å². The fraction of sp³-hybridized carbons (Fsp3) is 0.533. The van der Waals surface area contributed by atoms with Gasteiger partial charge in [0.15, 0.2) is 0 Å². The van der Waals surface area contributed by atoms with Crippen LogP contribution in [-0.4, -0.2) is 29.1 Å². The number of halogens is 4. The molecule has 0 N–H and O–H groups in total. The van der Waals surface area contributed by atoms with E-state index in [1.165, 1.54) is 0 Å². The van der Waals surface area contributed by atoms with Gasteiger partial charge in [0.2, 0.25) is 0 Å². The van der Waals surface area contributed by atoms with Crippen molar-refractivity contribution in [3.63, 3.8) is 0 Å². The van der Waals surface area contributed by atoms with Gasteiger partial charge in [-0.05, 0) is 39.0 Å². The third-order valence-electron chi connectivity index (χ3n) is 3.21. The van der Waals surface area contributed by atoms with Crippen LogP contribution in [-0.2, 0) is 4.74 Å². The molecule has 1 fully saturated rings. The van der Waals surface area contributed by atoms with E-state index in [4.69, 9.17) is 4.74 Å². The molecule has 1 unspecified atom stereocenters. The zero-order chi connectivity index (χ0) is 16.7. The zero-order valence-corrected chi connectivity index (χ0v) is 12.5. The van der Waals surface area contributed by atoms with Crippen molar-refractivity contribution < 1.29 is 27.1 Å². The topological polar surface area (TPSA) is 29.5 Å². The molecule has 0 saturated carbocycles. The number of hydrogen-bond donors (Lipinski definition) is 0. The van der Waals surface area contributed by atoms with Crippen molar-refractivity contribution in [3.05, 3.63) is 35.4 Å². The molecular formula is C15H17F4NO2. The molecule has 3 nitrogen and oxygen atoms in total. The van der Waals surface area contributed by atoms with E-state index in [-0.39, 0.29) is 5.56 Å². The third kappa shape index (κ3) is 3.69. The van der Waals surface area contributed by atoms with Gasteiger partial charge in [-0.25, -0.2) is 22.4 Å². The molecule has 0 spiro atoms. The summed E-state index contributed by atoms with van der Waals surface area (Å²) >= 11 is 0. The van der Waals surface area contributed by atoms with Crippen LogP contribution in [0.1, 0.15) is 38.8 Å². The molecule has 1 aliphatic heterocycles. The summed E-state index contributed by atoms with van der Waals surface area (Å²) in [5, 5.41) is 0. The summed E-state index contributed by atoms with van der Waals surface area (Å²) in [5.74, 6) is -4.77. The molecule has 0 aromatic heterocycles. The number of alkyl halides is 2. The predicted molar refractivity (Wildman–Crippen MR) is 71.6 cm³/mol. The number of hydrogen-bond acceptors (Lipinski definition) is 2. The average Bonchev–Trinajstić information content (AvgIpc) is 2.66. The predicted octanol–water partition coefficient (Wildman–Crippen LogP) is 4.28. The molecule has 1 amide bonds. The lowest BCUT2D eigenvalue weighted by molar-refractivity contribution is -0.00245. The lowest BCUT2D eigenvalue weighted by Gasteiger charge is -2.28. The minimum atomic E-state index is -3.18. The van der Waals surface area contributed by atoms with E-state index < -0.39 is 48.3 Å². The third-order valence-corrected chi connectivity index (χ3v) is 3.21. The van der Waals surface area contributed by atoms with Crippen LogP contribution in [0.25, 0.3) is 0 Å². The number of ether oxygens (including phenoxy) is 1. The highest BCUT2D eigenvalue weighted by atomic mass is 19.3. The Morgan fingerprint density at radius 2 is 1.95 bits per heavy atom. The normalized spacial score (nSPS) is 21.0. The molecule has 2 rings (SSSR count). The minimum Gasteiger partial charge on any atom is -0.444 e. The lowest BCUT2D eigenvalue weighted by atomic mass is 10.0. The van der Waals surface area contributed by atoms with Gasteiger partial charge in [0.05, 0.1) is 12.6 Å². The Bertz CT molecular complexity index is 583. The van der Waals surface area contributed by atoms with E-state index in [1.807, 2.05) is 0 Å². The van der Waals surface area contributed by atoms with Gasteiger partial charge in [-0.15, -0.1) is 0 Å². The van der Waals surface area contributed by atoms with Crippen molar-refractivity contribution in [3.8, 4) is 0 Å². The fourth-order valence-electron chi connectivity index (χ4n) is 2.38. The minimum absolute atomic E-state index is 0.275. The highest BCUT2D eigenvalue weighted by molar-refractivity contribution is 5.69. The van der Waals surface area contributed by atoms with E-state index in [1.54, 1.807) is 20.8 Å². The standard InChI is InChI=1S/C15H17F4NO2/c1-14(2,3)22-13(21)20-8-15(18,19)7-12(20)10-6-9(16)4-5-11(10)17/h4-6,12H,7-8H2,1-3H3. The Labute approximate surface area is 125 Å². The molecule has 7 heteroatoms. The Morgan fingerprint density at radius 3 is 2.55 bits per heavy atom. The average molecular weight is 319 g/mol. The second-order valence-corrected chi connectivity index (χ2v) is 6.35. The number of carbonyl (C=O) groups excluding carboxylic acids is 1.